The first-order chi connectivity index (χ1) is 13.6. The van der Waals surface area contributed by atoms with Crippen molar-refractivity contribution in [2.75, 3.05) is 0 Å². The predicted molar refractivity (Wildman–Crippen MR) is 151 cm³/mol. The molecule has 0 bridgehead atoms. The highest BCUT2D eigenvalue weighted by Crippen LogP contribution is 2.16. The molecule has 0 aromatic rings. The zero-order valence-corrected chi connectivity index (χ0v) is 25.4. The molecule has 3 heteroatoms. The zero-order valence-electron chi connectivity index (χ0n) is 25.4. The number of hydrogen-bond donors (Lipinski definition) is 3. The maximum Gasteiger partial charge on any atom is 0.115 e. The second kappa shape index (κ2) is 56.8. The molecule has 0 aromatic heterocycles. The maximum atomic E-state index is 5.09. The lowest BCUT2D eigenvalue weighted by molar-refractivity contribution is 0.398. The van der Waals surface area contributed by atoms with Gasteiger partial charge < -0.3 is 17.2 Å². The molecule has 0 aliphatic carbocycles. The van der Waals surface area contributed by atoms with Crippen molar-refractivity contribution in [1.29, 1.82) is 0 Å². The van der Waals surface area contributed by atoms with Crippen LogP contribution in [0.2, 0.25) is 0 Å². The zero-order chi connectivity index (χ0) is 26.7. The van der Waals surface area contributed by atoms with E-state index in [1.54, 1.807) is 0 Å². The fourth-order valence-electron chi connectivity index (χ4n) is 0. The summed E-state index contributed by atoms with van der Waals surface area (Å²) in [6.45, 7) is 36.3. The summed E-state index contributed by atoms with van der Waals surface area (Å²) in [5.41, 5.74) is 15.8. The van der Waals surface area contributed by atoms with Gasteiger partial charge in [0.2, 0.25) is 0 Å². The third-order valence-electron chi connectivity index (χ3n) is 1.67. The van der Waals surface area contributed by atoms with Crippen LogP contribution in [-0.4, -0.2) is 5.79 Å². The molecule has 0 aromatic carbocycles. The SMILES string of the molecule is CCC.CCC.CCC.CCC.CCC.CCC.CCC(C)(C)C.CCC(N)(N)N. The average Bonchev–Trinajstić information content (AvgIpc) is 2.58. The molecule has 0 spiro atoms. The lowest BCUT2D eigenvalue weighted by Crippen LogP contribution is -2.57. The van der Waals surface area contributed by atoms with Gasteiger partial charge >= 0.3 is 0 Å². The Kier molecular flexibility index (Phi) is 98.6. The summed E-state index contributed by atoms with van der Waals surface area (Å²) >= 11 is 0. The molecule has 0 aliphatic heterocycles. The summed E-state index contributed by atoms with van der Waals surface area (Å²) < 4.78 is 0. The van der Waals surface area contributed by atoms with Crippen LogP contribution in [0.5, 0.6) is 0 Å². The summed E-state index contributed by atoms with van der Waals surface area (Å²) in [5.74, 6) is -0.958. The van der Waals surface area contributed by atoms with E-state index in [1.807, 2.05) is 6.92 Å². The lowest BCUT2D eigenvalue weighted by Gasteiger charge is -2.13. The first-order valence-corrected chi connectivity index (χ1v) is 13.0. The third kappa shape index (κ3) is 583. The fraction of sp³-hybridized carbons (Fsp3) is 1.00. The van der Waals surface area contributed by atoms with Crippen LogP contribution in [0.25, 0.3) is 0 Å². The number of hydrogen-bond acceptors (Lipinski definition) is 3. The smallest absolute Gasteiger partial charge is 0.115 e. The molecule has 6 N–H and O–H groups in total. The topological polar surface area (TPSA) is 78.1 Å². The van der Waals surface area contributed by atoms with Crippen LogP contribution >= 0.6 is 0 Å². The van der Waals surface area contributed by atoms with Gasteiger partial charge in [0, 0.05) is 0 Å². The summed E-state index contributed by atoms with van der Waals surface area (Å²) in [7, 11) is 0. The number of nitrogens with two attached hydrogens (primary N) is 3. The number of rotatable bonds is 1. The molecule has 0 fully saturated rings. The largest absolute Gasteiger partial charge is 0.301 e. The maximum absolute atomic E-state index is 5.09. The van der Waals surface area contributed by atoms with E-state index in [0.717, 1.165) is 0 Å². The van der Waals surface area contributed by atoms with Gasteiger partial charge in [-0.25, -0.2) is 0 Å². The second-order valence-corrected chi connectivity index (χ2v) is 8.62. The summed E-state index contributed by atoms with van der Waals surface area (Å²) in [6, 6.07) is 0. The molecule has 3 nitrogen and oxygen atoms in total. The van der Waals surface area contributed by atoms with E-state index < -0.39 is 5.79 Å². The minimum atomic E-state index is -0.958. The van der Waals surface area contributed by atoms with Crippen LogP contribution in [-0.2, 0) is 0 Å². The molecule has 0 heterocycles. The van der Waals surface area contributed by atoms with E-state index in [4.69, 9.17) is 17.2 Å². The van der Waals surface area contributed by atoms with E-state index in [9.17, 15) is 0 Å². The molecule has 0 amide bonds. The van der Waals surface area contributed by atoms with Gasteiger partial charge in [-0.3, -0.25) is 0 Å². The molecule has 0 unspecified atom stereocenters. The monoisotopic (exact) mass is 440 g/mol. The Morgan fingerprint density at radius 3 is 0.433 bits per heavy atom. The quantitative estimate of drug-likeness (QED) is 0.355. The van der Waals surface area contributed by atoms with Crippen molar-refractivity contribution in [2.24, 2.45) is 22.6 Å². The minimum Gasteiger partial charge on any atom is -0.301 e. The van der Waals surface area contributed by atoms with Gasteiger partial charge in [0.15, 0.2) is 0 Å². The summed E-state index contributed by atoms with van der Waals surface area (Å²) in [4.78, 5) is 0. The molecule has 196 valence electrons. The van der Waals surface area contributed by atoms with E-state index in [0.29, 0.717) is 11.8 Å². The Morgan fingerprint density at radius 1 is 0.367 bits per heavy atom. The molecule has 30 heavy (non-hydrogen) atoms. The highest BCUT2D eigenvalue weighted by atomic mass is 15.1. The third-order valence-corrected chi connectivity index (χ3v) is 1.67. The Balaban J connectivity index is -0.0000000316. The Hall–Kier alpha value is -0.120. The van der Waals surface area contributed by atoms with E-state index >= 15 is 0 Å². The average molecular weight is 440 g/mol. The standard InChI is InChI=1S/C6H14.C3H11N3.6C3H8/c1-5-6(2,3)4;1-2-3(4,5)6;6*1-3-2/h5H2,1-4H3;2,4-6H2,1H3;6*3H2,1-2H3. The van der Waals surface area contributed by atoms with Gasteiger partial charge in [0.25, 0.3) is 0 Å². The lowest BCUT2D eigenvalue weighted by atomic mass is 9.94. The molecule has 0 saturated heterocycles. The van der Waals surface area contributed by atoms with Crippen LogP contribution < -0.4 is 17.2 Å². The van der Waals surface area contributed by atoms with Crippen LogP contribution in [0.1, 0.15) is 169 Å². The molecule has 0 atom stereocenters. The summed E-state index contributed by atoms with van der Waals surface area (Å²) in [5, 5.41) is 0. The fourth-order valence-corrected chi connectivity index (χ4v) is 0. The second-order valence-electron chi connectivity index (χ2n) is 8.62. The van der Waals surface area contributed by atoms with Gasteiger partial charge in [0.05, 0.1) is 0 Å². The van der Waals surface area contributed by atoms with E-state index in [2.05, 4.69) is 111 Å². The molecule has 0 aliphatic rings. The highest BCUT2D eigenvalue weighted by Gasteiger charge is 2.04. The van der Waals surface area contributed by atoms with Crippen molar-refractivity contribution in [1.82, 2.24) is 0 Å². The van der Waals surface area contributed by atoms with Crippen molar-refractivity contribution in [2.45, 2.75) is 175 Å². The first kappa shape index (κ1) is 52.1. The van der Waals surface area contributed by atoms with Gasteiger partial charge in [-0.15, -0.1) is 0 Å². The van der Waals surface area contributed by atoms with Crippen LogP contribution in [0.4, 0.5) is 0 Å². The highest BCUT2D eigenvalue weighted by molar-refractivity contribution is 4.62. The minimum absolute atomic E-state index is 0.542. The molecular weight excluding hydrogens is 366 g/mol. The van der Waals surface area contributed by atoms with Gasteiger partial charge in [-0.05, 0) is 11.8 Å². The molecule has 0 radical (unpaired) electrons. The van der Waals surface area contributed by atoms with Gasteiger partial charge in [-0.1, -0.05) is 163 Å². The van der Waals surface area contributed by atoms with Crippen molar-refractivity contribution < 1.29 is 0 Å². The van der Waals surface area contributed by atoms with Crippen molar-refractivity contribution in [3.05, 3.63) is 0 Å². The molecular formula is C27H73N3. The van der Waals surface area contributed by atoms with Crippen molar-refractivity contribution in [3.63, 3.8) is 0 Å². The first-order valence-electron chi connectivity index (χ1n) is 13.0. The Labute approximate surface area is 197 Å². The summed E-state index contributed by atoms with van der Waals surface area (Å²) in [6.07, 6.45) is 9.38. The van der Waals surface area contributed by atoms with Crippen LogP contribution in [0, 0.1) is 5.41 Å². The predicted octanol–water partition coefficient (Wildman–Crippen LogP) is 9.87. The molecule has 0 saturated carbocycles. The van der Waals surface area contributed by atoms with Gasteiger partial charge in [0.1, 0.15) is 5.79 Å². The van der Waals surface area contributed by atoms with Crippen molar-refractivity contribution in [3.8, 4) is 0 Å². The van der Waals surface area contributed by atoms with E-state index in [-0.39, 0.29) is 0 Å². The van der Waals surface area contributed by atoms with Crippen molar-refractivity contribution >= 4 is 0 Å². The Morgan fingerprint density at radius 2 is 0.433 bits per heavy atom. The normalized spacial score (nSPS) is 8.40. The Bertz CT molecular complexity index is 138. The molecule has 0 rings (SSSR count). The van der Waals surface area contributed by atoms with E-state index in [1.165, 1.54) is 44.9 Å². The van der Waals surface area contributed by atoms with Gasteiger partial charge in [-0.2, -0.15) is 0 Å². The van der Waals surface area contributed by atoms with Crippen LogP contribution in [0.15, 0.2) is 0 Å². The van der Waals surface area contributed by atoms with Crippen LogP contribution in [0.3, 0.4) is 0 Å².